The lowest BCUT2D eigenvalue weighted by Crippen LogP contribution is -2.50. The van der Waals surface area contributed by atoms with Gasteiger partial charge in [0.15, 0.2) is 0 Å². The van der Waals surface area contributed by atoms with Crippen molar-refractivity contribution in [2.75, 3.05) is 20.2 Å². The van der Waals surface area contributed by atoms with Crippen LogP contribution in [0, 0.1) is 5.92 Å². The van der Waals surface area contributed by atoms with Crippen molar-refractivity contribution in [3.8, 4) is 39.4 Å². The van der Waals surface area contributed by atoms with Crippen molar-refractivity contribution < 1.29 is 33.8 Å². The number of carbonyl (C=O) groups is 4. The molecular formula is C47H48N8O7. The van der Waals surface area contributed by atoms with Gasteiger partial charge in [0.2, 0.25) is 5.91 Å². The lowest BCUT2D eigenvalue weighted by atomic mass is 9.92. The van der Waals surface area contributed by atoms with Gasteiger partial charge in [0, 0.05) is 29.6 Å². The van der Waals surface area contributed by atoms with Crippen LogP contribution in [0.25, 0.3) is 44.4 Å². The number of carbonyl (C=O) groups excluding carboxylic acids is 3. The molecule has 9 rings (SSSR count). The van der Waals surface area contributed by atoms with E-state index in [1.807, 2.05) is 50.2 Å². The van der Waals surface area contributed by atoms with Gasteiger partial charge in [-0.15, -0.1) is 0 Å². The summed E-state index contributed by atoms with van der Waals surface area (Å²) in [6.45, 7) is 5.13. The number of nitrogens with one attached hydrogen (secondary N) is 4. The van der Waals surface area contributed by atoms with E-state index in [0.29, 0.717) is 36.9 Å². The first-order valence-corrected chi connectivity index (χ1v) is 21.0. The molecule has 2 aromatic heterocycles. The highest BCUT2D eigenvalue weighted by atomic mass is 16.5. The molecule has 2 saturated heterocycles. The van der Waals surface area contributed by atoms with Gasteiger partial charge in [-0.2, -0.15) is 0 Å². The van der Waals surface area contributed by atoms with Crippen LogP contribution in [0.5, 0.6) is 5.75 Å². The highest BCUT2D eigenvalue weighted by Gasteiger charge is 2.39. The van der Waals surface area contributed by atoms with E-state index in [1.54, 1.807) is 22.2 Å². The molecule has 4 atom stereocenters. The lowest BCUT2D eigenvalue weighted by Gasteiger charge is -2.29. The lowest BCUT2D eigenvalue weighted by molar-refractivity contribution is -0.135. The number of carboxylic acid groups (broad SMARTS) is 1. The Hall–Kier alpha value is -7.16. The summed E-state index contributed by atoms with van der Waals surface area (Å²) in [6, 6.07) is 23.6. The van der Waals surface area contributed by atoms with Gasteiger partial charge in [-0.25, -0.2) is 19.6 Å². The average Bonchev–Trinajstić information content (AvgIpc) is 4.14. The Kier molecular flexibility index (Phi) is 10.9. The number of rotatable bonds is 10. The molecule has 4 aromatic carbocycles. The van der Waals surface area contributed by atoms with Crippen molar-refractivity contribution in [3.63, 3.8) is 0 Å². The Morgan fingerprint density at radius 2 is 1.42 bits per heavy atom. The van der Waals surface area contributed by atoms with Crippen LogP contribution in [-0.2, 0) is 20.9 Å². The number of aromatic nitrogens is 4. The zero-order chi connectivity index (χ0) is 43.1. The first-order valence-electron chi connectivity index (χ1n) is 21.0. The molecule has 318 valence electrons. The Bertz CT molecular complexity index is 2680. The minimum Gasteiger partial charge on any atom is -0.488 e. The molecule has 3 aliphatic heterocycles. The Balaban J connectivity index is 0.917. The molecule has 0 aliphatic carbocycles. The van der Waals surface area contributed by atoms with Crippen LogP contribution in [0.15, 0.2) is 91.3 Å². The molecule has 5 heterocycles. The van der Waals surface area contributed by atoms with Crippen LogP contribution >= 0.6 is 0 Å². The number of hydrogen-bond donors (Lipinski definition) is 5. The van der Waals surface area contributed by atoms with Crippen molar-refractivity contribution >= 4 is 34.8 Å². The molecule has 2 unspecified atom stereocenters. The van der Waals surface area contributed by atoms with E-state index in [1.165, 1.54) is 7.11 Å². The largest absolute Gasteiger partial charge is 0.488 e. The summed E-state index contributed by atoms with van der Waals surface area (Å²) < 4.78 is 11.3. The van der Waals surface area contributed by atoms with Crippen LogP contribution in [0.4, 0.5) is 9.59 Å². The van der Waals surface area contributed by atoms with Gasteiger partial charge in [0.1, 0.15) is 36.1 Å². The Labute approximate surface area is 357 Å². The first kappa shape index (κ1) is 40.3. The van der Waals surface area contributed by atoms with Gasteiger partial charge in [-0.05, 0) is 77.4 Å². The van der Waals surface area contributed by atoms with Crippen molar-refractivity contribution in [2.45, 2.75) is 70.3 Å². The molecular weight excluding hydrogens is 789 g/mol. The predicted molar refractivity (Wildman–Crippen MR) is 231 cm³/mol. The minimum atomic E-state index is -1.22. The van der Waals surface area contributed by atoms with E-state index in [-0.39, 0.29) is 29.8 Å². The number of methoxy groups -OCH3 is 1. The van der Waals surface area contributed by atoms with E-state index in [4.69, 9.17) is 14.5 Å². The third-order valence-electron chi connectivity index (χ3n) is 12.3. The summed E-state index contributed by atoms with van der Waals surface area (Å²) in [6.07, 6.45) is 4.78. The van der Waals surface area contributed by atoms with Crippen LogP contribution in [0.2, 0.25) is 0 Å². The topological polar surface area (TPSA) is 195 Å². The molecule has 4 amide bonds. The molecule has 0 saturated carbocycles. The fourth-order valence-corrected chi connectivity index (χ4v) is 9.17. The fourth-order valence-electron chi connectivity index (χ4n) is 9.17. The van der Waals surface area contributed by atoms with E-state index >= 15 is 0 Å². The van der Waals surface area contributed by atoms with Gasteiger partial charge < -0.3 is 45.0 Å². The van der Waals surface area contributed by atoms with E-state index in [2.05, 4.69) is 68.1 Å². The number of fused-ring (bicyclic) bond motifs is 5. The van der Waals surface area contributed by atoms with E-state index in [9.17, 15) is 24.3 Å². The quantitative estimate of drug-likeness (QED) is 0.0912. The van der Waals surface area contributed by atoms with Crippen molar-refractivity contribution in [1.82, 2.24) is 40.4 Å². The minimum absolute atomic E-state index is 0.198. The van der Waals surface area contributed by atoms with E-state index < -0.39 is 24.3 Å². The number of H-pyrrole nitrogens is 2. The van der Waals surface area contributed by atoms with Crippen LogP contribution in [-0.4, -0.2) is 85.1 Å². The molecule has 15 heteroatoms. The summed E-state index contributed by atoms with van der Waals surface area (Å²) in [5.41, 5.74) is 7.35. The van der Waals surface area contributed by atoms with Crippen LogP contribution in [0.1, 0.15) is 80.4 Å². The monoisotopic (exact) mass is 836 g/mol. The number of aromatic amines is 2. The number of imidazole rings is 2. The molecule has 6 aromatic rings. The number of likely N-dealkylation sites (tertiary alicyclic amines) is 2. The molecule has 2 fully saturated rings. The highest BCUT2D eigenvalue weighted by molar-refractivity contribution is 5.98. The maximum absolute atomic E-state index is 14.0. The zero-order valence-corrected chi connectivity index (χ0v) is 34.7. The van der Waals surface area contributed by atoms with Gasteiger partial charge in [0.25, 0.3) is 5.91 Å². The number of nitrogens with zero attached hydrogens (tertiary/aromatic N) is 4. The summed E-state index contributed by atoms with van der Waals surface area (Å²) in [5.74, 6) is 1.53. The van der Waals surface area contributed by atoms with Crippen LogP contribution in [0.3, 0.4) is 0 Å². The SMILES string of the molecule is COC(=O)NC(C(=O)N1CCC[C@H]1c1ncc(-c2ccc3c(c2)COc2c-3ccc3cc(-c4cnc([C@@H]5CCCN5C(=O)C(NC(=O)O)C(C)C)[nH]4)ccc23)[nH]1)c1ccccc1. The van der Waals surface area contributed by atoms with E-state index in [0.717, 1.165) is 81.4 Å². The molecule has 15 nitrogen and oxygen atoms in total. The van der Waals surface area contributed by atoms with Crippen molar-refractivity contribution in [1.29, 1.82) is 0 Å². The van der Waals surface area contributed by atoms with Gasteiger partial charge in [0.05, 0.1) is 43.0 Å². The summed E-state index contributed by atoms with van der Waals surface area (Å²) in [7, 11) is 1.28. The van der Waals surface area contributed by atoms with Crippen LogP contribution < -0.4 is 15.4 Å². The second-order valence-corrected chi connectivity index (χ2v) is 16.4. The van der Waals surface area contributed by atoms with Gasteiger partial charge >= 0.3 is 12.2 Å². The first-order chi connectivity index (χ1) is 30.1. The van der Waals surface area contributed by atoms with Gasteiger partial charge in [-0.3, -0.25) is 9.59 Å². The molecule has 3 aliphatic rings. The maximum atomic E-state index is 14.0. The Morgan fingerprint density at radius 1 is 0.790 bits per heavy atom. The number of benzene rings is 4. The number of amides is 4. The zero-order valence-electron chi connectivity index (χ0n) is 34.7. The fraction of sp³-hybridized carbons (Fsp3) is 0.319. The average molecular weight is 837 g/mol. The number of ether oxygens (including phenoxy) is 2. The molecule has 0 spiro atoms. The Morgan fingerprint density at radius 3 is 2.06 bits per heavy atom. The normalized spacial score (nSPS) is 17.9. The maximum Gasteiger partial charge on any atom is 0.407 e. The summed E-state index contributed by atoms with van der Waals surface area (Å²) in [4.78, 5) is 71.1. The predicted octanol–water partition coefficient (Wildman–Crippen LogP) is 7.90. The second-order valence-electron chi connectivity index (χ2n) is 16.4. The van der Waals surface area contributed by atoms with Crippen molar-refractivity contribution in [3.05, 3.63) is 114 Å². The summed E-state index contributed by atoms with van der Waals surface area (Å²) >= 11 is 0. The number of alkyl carbamates (subject to hydrolysis) is 1. The molecule has 0 radical (unpaired) electrons. The smallest absolute Gasteiger partial charge is 0.407 e. The summed E-state index contributed by atoms with van der Waals surface area (Å²) in [5, 5.41) is 16.5. The van der Waals surface area contributed by atoms with Crippen molar-refractivity contribution in [2.24, 2.45) is 5.92 Å². The standard InChI is InChI=1S/C47H48N8O7/c1-26(2)39(52-46(58)59)44(56)54-19-7-11-37(54)42-48-23-35(50-42)29-15-17-33-28(21-29)13-18-34-32-16-14-30(22-31(32)25-62-41(33)34)36-24-49-43(51-36)38-12-8-20-55(38)45(57)40(53-47(60)61-3)27-9-5-4-6-10-27/h4-6,9-10,13-18,21-24,26,37-40,52H,7-8,11-12,19-20,25H2,1-3H3,(H,48,50)(H,49,51)(H,53,60)(H,58,59)/t37-,38-,39?,40?/m0/s1. The second kappa shape index (κ2) is 16.7. The third kappa shape index (κ3) is 7.58. The third-order valence-corrected chi connectivity index (χ3v) is 12.3. The molecule has 62 heavy (non-hydrogen) atoms. The molecule has 0 bridgehead atoms. The molecule has 5 N–H and O–H groups in total. The highest BCUT2D eigenvalue weighted by Crippen LogP contribution is 2.44. The number of hydrogen-bond acceptors (Lipinski definition) is 8. The van der Waals surface area contributed by atoms with Gasteiger partial charge in [-0.1, -0.05) is 74.5 Å².